The van der Waals surface area contributed by atoms with Crippen LogP contribution in [0.25, 0.3) is 0 Å². The van der Waals surface area contributed by atoms with Crippen molar-refractivity contribution in [1.82, 2.24) is 0 Å². The lowest BCUT2D eigenvalue weighted by atomic mass is 10.2. The Morgan fingerprint density at radius 3 is 2.36 bits per heavy atom. The van der Waals surface area contributed by atoms with E-state index < -0.39 is 19.8 Å². The van der Waals surface area contributed by atoms with Crippen molar-refractivity contribution in [3.8, 4) is 0 Å². The van der Waals surface area contributed by atoms with Gasteiger partial charge >= 0.3 is 11.9 Å². The molecule has 0 aliphatic carbocycles. The molecule has 128 valence electrons. The van der Waals surface area contributed by atoms with Crippen molar-refractivity contribution in [2.24, 2.45) is 0 Å². The summed E-state index contributed by atoms with van der Waals surface area (Å²) in [5.41, 5.74) is 0.300. The number of hydrogen-bond donors (Lipinski definition) is 1. The van der Waals surface area contributed by atoms with Crippen LogP contribution in [-0.4, -0.2) is 42.5 Å². The van der Waals surface area contributed by atoms with Crippen LogP contribution in [-0.2, 0) is 28.4 Å². The Hall–Kier alpha value is -1.17. The molecule has 0 aromatic rings. The fourth-order valence-corrected chi connectivity index (χ4v) is 1.63. The molecule has 2 atom stereocenters. The normalized spacial score (nSPS) is 13.2. The molecule has 0 saturated carbocycles. The topological polar surface area (TPSA) is 99.1 Å². The smallest absolute Gasteiger partial charge is 0.333 e. The van der Waals surface area contributed by atoms with Crippen LogP contribution >= 0.6 is 8.03 Å². The maximum absolute atomic E-state index is 11.4. The van der Waals surface area contributed by atoms with Crippen molar-refractivity contribution in [1.29, 1.82) is 0 Å². The Kier molecular flexibility index (Phi) is 11.7. The Balaban J connectivity index is 3.45. The minimum atomic E-state index is -2.63. The highest BCUT2D eigenvalue weighted by Crippen LogP contribution is 2.22. The summed E-state index contributed by atoms with van der Waals surface area (Å²) >= 11 is 0. The summed E-state index contributed by atoms with van der Waals surface area (Å²) in [6, 6.07) is 0. The molecular formula is C14H25O7P. The fourth-order valence-electron chi connectivity index (χ4n) is 1.36. The third kappa shape index (κ3) is 11.5. The van der Waals surface area contributed by atoms with E-state index in [0.717, 1.165) is 6.42 Å². The maximum Gasteiger partial charge on any atom is 0.333 e. The van der Waals surface area contributed by atoms with Gasteiger partial charge in [0.1, 0.15) is 19.1 Å². The van der Waals surface area contributed by atoms with Crippen LogP contribution < -0.4 is 0 Å². The highest BCUT2D eigenvalue weighted by atomic mass is 31.1. The number of unbranched alkanes of at least 4 members (excludes halogenated alkanes) is 2. The number of hydrogen-bond acceptors (Lipinski definition) is 6. The first-order valence-corrected chi connectivity index (χ1v) is 8.60. The third-order valence-electron chi connectivity index (χ3n) is 2.67. The van der Waals surface area contributed by atoms with Crippen molar-refractivity contribution >= 4 is 20.0 Å². The summed E-state index contributed by atoms with van der Waals surface area (Å²) in [5, 5.41) is 0. The molecule has 22 heavy (non-hydrogen) atoms. The molecule has 0 rings (SSSR count). The minimum absolute atomic E-state index is 0.0174. The van der Waals surface area contributed by atoms with Crippen LogP contribution in [0.15, 0.2) is 12.2 Å². The molecule has 0 aliphatic rings. The molecule has 2 unspecified atom stereocenters. The molecule has 0 radical (unpaired) electrons. The second-order valence-corrected chi connectivity index (χ2v) is 6.29. The van der Waals surface area contributed by atoms with Gasteiger partial charge < -0.3 is 19.1 Å². The summed E-state index contributed by atoms with van der Waals surface area (Å²) in [6.45, 7) is 6.97. The average molecular weight is 336 g/mol. The van der Waals surface area contributed by atoms with E-state index in [1.165, 1.54) is 6.92 Å². The van der Waals surface area contributed by atoms with E-state index in [1.54, 1.807) is 6.92 Å². The molecule has 0 heterocycles. The highest BCUT2D eigenvalue weighted by molar-refractivity contribution is 7.38. The Morgan fingerprint density at radius 2 is 1.77 bits per heavy atom. The minimum Gasteiger partial charge on any atom is -0.462 e. The van der Waals surface area contributed by atoms with Gasteiger partial charge in [0.05, 0.1) is 0 Å². The predicted octanol–water partition coefficient (Wildman–Crippen LogP) is 2.04. The molecule has 0 aliphatic heterocycles. The Bertz CT molecular complexity index is 395. The predicted molar refractivity (Wildman–Crippen MR) is 81.8 cm³/mol. The third-order valence-corrected chi connectivity index (χ3v) is 3.53. The van der Waals surface area contributed by atoms with Gasteiger partial charge in [0.25, 0.3) is 0 Å². The van der Waals surface area contributed by atoms with Crippen LogP contribution in [0.1, 0.15) is 39.5 Å². The molecule has 0 amide bonds. The van der Waals surface area contributed by atoms with E-state index in [4.69, 9.17) is 19.1 Å². The zero-order chi connectivity index (χ0) is 17.0. The summed E-state index contributed by atoms with van der Waals surface area (Å²) in [7, 11) is -2.63. The van der Waals surface area contributed by atoms with Crippen molar-refractivity contribution < 1.29 is 33.3 Å². The lowest BCUT2D eigenvalue weighted by Crippen LogP contribution is -2.14. The Labute approximate surface area is 131 Å². The number of carbonyl (C=O) groups excluding carboxylic acids is 2. The molecule has 0 fully saturated rings. The zero-order valence-electron chi connectivity index (χ0n) is 13.1. The molecule has 0 saturated heterocycles. The van der Waals surface area contributed by atoms with Gasteiger partial charge in [0.2, 0.25) is 8.03 Å². The number of carbonyl (C=O) groups is 2. The lowest BCUT2D eigenvalue weighted by Gasteiger charge is -2.09. The van der Waals surface area contributed by atoms with Gasteiger partial charge in [-0.2, -0.15) is 0 Å². The van der Waals surface area contributed by atoms with Crippen LogP contribution in [0.3, 0.4) is 0 Å². The summed E-state index contributed by atoms with van der Waals surface area (Å²) in [6.07, 6.45) is 2.40. The summed E-state index contributed by atoms with van der Waals surface area (Å²) < 4.78 is 25.5. The molecule has 8 heteroatoms. The van der Waals surface area contributed by atoms with Gasteiger partial charge in [-0.05, 0) is 26.7 Å². The number of rotatable bonds is 12. The first-order chi connectivity index (χ1) is 10.3. The monoisotopic (exact) mass is 336 g/mol. The van der Waals surface area contributed by atoms with E-state index in [-0.39, 0.29) is 25.6 Å². The molecule has 1 N–H and O–H groups in total. The van der Waals surface area contributed by atoms with Gasteiger partial charge in [-0.15, -0.1) is 0 Å². The Morgan fingerprint density at radius 1 is 1.14 bits per heavy atom. The average Bonchev–Trinajstić information content (AvgIpc) is 2.46. The summed E-state index contributed by atoms with van der Waals surface area (Å²) in [4.78, 5) is 31.2. The van der Waals surface area contributed by atoms with Crippen LogP contribution in [0, 0.1) is 0 Å². The molecule has 0 aromatic carbocycles. The SMILES string of the molecule is C=C(C)C(=O)OCCOC(=O)CCCCCOC(C)[PH](=O)O. The van der Waals surface area contributed by atoms with Gasteiger partial charge in [-0.1, -0.05) is 13.0 Å². The van der Waals surface area contributed by atoms with E-state index in [2.05, 4.69) is 6.58 Å². The van der Waals surface area contributed by atoms with E-state index in [1.807, 2.05) is 0 Å². The van der Waals surface area contributed by atoms with Gasteiger partial charge in [0.15, 0.2) is 0 Å². The number of ether oxygens (including phenoxy) is 3. The fraction of sp³-hybridized carbons (Fsp3) is 0.714. The van der Waals surface area contributed by atoms with Crippen molar-refractivity contribution in [2.45, 2.75) is 45.4 Å². The molecular weight excluding hydrogens is 311 g/mol. The van der Waals surface area contributed by atoms with E-state index >= 15 is 0 Å². The first kappa shape index (κ1) is 20.8. The largest absolute Gasteiger partial charge is 0.462 e. The standard InChI is InChI=1S/C14H25O7P/c1-11(2)14(16)21-10-9-20-13(15)7-5-4-6-8-19-12(3)22(17)18/h12,22H,1,4-10H2,2-3H3,(H,17,18). The van der Waals surface area contributed by atoms with Crippen LogP contribution in [0.4, 0.5) is 0 Å². The van der Waals surface area contributed by atoms with Gasteiger partial charge in [-0.3, -0.25) is 9.36 Å². The second kappa shape index (κ2) is 12.4. The molecule has 0 aromatic heterocycles. The second-order valence-electron chi connectivity index (χ2n) is 4.80. The van der Waals surface area contributed by atoms with E-state index in [9.17, 15) is 14.2 Å². The first-order valence-electron chi connectivity index (χ1n) is 7.17. The quantitative estimate of drug-likeness (QED) is 0.252. The van der Waals surface area contributed by atoms with Crippen molar-refractivity contribution in [3.63, 3.8) is 0 Å². The molecule has 0 spiro atoms. The number of esters is 2. The van der Waals surface area contributed by atoms with Crippen molar-refractivity contribution in [3.05, 3.63) is 12.2 Å². The van der Waals surface area contributed by atoms with Gasteiger partial charge in [-0.25, -0.2) is 4.79 Å². The zero-order valence-corrected chi connectivity index (χ0v) is 14.1. The lowest BCUT2D eigenvalue weighted by molar-refractivity contribution is -0.150. The summed E-state index contributed by atoms with van der Waals surface area (Å²) in [5.74, 6) is -1.48. The molecule has 7 nitrogen and oxygen atoms in total. The van der Waals surface area contributed by atoms with Gasteiger partial charge in [0, 0.05) is 18.6 Å². The van der Waals surface area contributed by atoms with Crippen molar-refractivity contribution in [2.75, 3.05) is 19.8 Å². The van der Waals surface area contributed by atoms with Crippen LogP contribution in [0.2, 0.25) is 0 Å². The molecule has 0 bridgehead atoms. The maximum atomic E-state index is 11.4. The van der Waals surface area contributed by atoms with E-state index in [0.29, 0.717) is 25.0 Å². The van der Waals surface area contributed by atoms with Crippen LogP contribution in [0.5, 0.6) is 0 Å². The highest BCUT2D eigenvalue weighted by Gasteiger charge is 2.08.